The molecule has 0 spiro atoms. The second-order valence-electron chi connectivity index (χ2n) is 6.64. The molecule has 2 saturated carbocycles. The van der Waals surface area contributed by atoms with Crippen molar-refractivity contribution in [2.45, 2.75) is 69.9 Å². The van der Waals surface area contributed by atoms with Crippen molar-refractivity contribution >= 4 is 5.91 Å². The maximum atomic E-state index is 12.3. The third kappa shape index (κ3) is 2.98. The fourth-order valence-electron chi connectivity index (χ4n) is 3.71. The minimum absolute atomic E-state index is 0.114. The van der Waals surface area contributed by atoms with Gasteiger partial charge in [0.1, 0.15) is 0 Å². The van der Waals surface area contributed by atoms with Gasteiger partial charge in [-0.1, -0.05) is 25.7 Å². The van der Waals surface area contributed by atoms with Crippen LogP contribution in [-0.4, -0.2) is 32.9 Å². The SMILES string of the molecule is Cc1c(C(=O)NCC2(O)CCCC2)cnn1C1CCCC1. The number of hydrogen-bond acceptors (Lipinski definition) is 3. The van der Waals surface area contributed by atoms with Gasteiger partial charge in [-0.15, -0.1) is 0 Å². The number of aromatic nitrogens is 2. The number of amides is 1. The molecule has 0 atom stereocenters. The molecular formula is C16H25N3O2. The quantitative estimate of drug-likeness (QED) is 0.894. The number of hydrogen-bond donors (Lipinski definition) is 2. The summed E-state index contributed by atoms with van der Waals surface area (Å²) < 4.78 is 2.01. The van der Waals surface area contributed by atoms with Crippen molar-refractivity contribution < 1.29 is 9.90 Å². The lowest BCUT2D eigenvalue weighted by atomic mass is 10.0. The largest absolute Gasteiger partial charge is 0.388 e. The van der Waals surface area contributed by atoms with E-state index < -0.39 is 5.60 Å². The smallest absolute Gasteiger partial charge is 0.254 e. The summed E-state index contributed by atoms with van der Waals surface area (Å²) in [5.74, 6) is -0.114. The van der Waals surface area contributed by atoms with Gasteiger partial charge in [-0.2, -0.15) is 5.10 Å². The van der Waals surface area contributed by atoms with Crippen LogP contribution in [0.3, 0.4) is 0 Å². The van der Waals surface area contributed by atoms with Crippen molar-refractivity contribution in [3.8, 4) is 0 Å². The summed E-state index contributed by atoms with van der Waals surface area (Å²) in [6, 6.07) is 0.450. The van der Waals surface area contributed by atoms with Crippen molar-refractivity contribution in [3.05, 3.63) is 17.5 Å². The van der Waals surface area contributed by atoms with Crippen LogP contribution in [-0.2, 0) is 0 Å². The van der Waals surface area contributed by atoms with Gasteiger partial charge < -0.3 is 10.4 Å². The molecule has 21 heavy (non-hydrogen) atoms. The summed E-state index contributed by atoms with van der Waals surface area (Å²) in [5, 5.41) is 17.6. The summed E-state index contributed by atoms with van der Waals surface area (Å²) in [5.41, 5.74) is 0.881. The van der Waals surface area contributed by atoms with Crippen LogP contribution in [0.1, 0.15) is 73.5 Å². The molecule has 2 fully saturated rings. The molecule has 1 aromatic heterocycles. The van der Waals surface area contributed by atoms with E-state index in [1.54, 1.807) is 6.20 Å². The molecule has 116 valence electrons. The van der Waals surface area contributed by atoms with E-state index in [2.05, 4.69) is 10.4 Å². The predicted octanol–water partition coefficient (Wildman–Crippen LogP) is 2.34. The van der Waals surface area contributed by atoms with Gasteiger partial charge in [0, 0.05) is 12.2 Å². The summed E-state index contributed by atoms with van der Waals surface area (Å²) in [6.45, 7) is 2.31. The maximum Gasteiger partial charge on any atom is 0.254 e. The Kier molecular flexibility index (Phi) is 4.02. The molecule has 0 aliphatic heterocycles. The lowest BCUT2D eigenvalue weighted by molar-refractivity contribution is 0.0449. The van der Waals surface area contributed by atoms with Crippen LogP contribution in [0.2, 0.25) is 0 Å². The number of carbonyl (C=O) groups excluding carboxylic acids is 1. The minimum atomic E-state index is -0.703. The van der Waals surface area contributed by atoms with Gasteiger partial charge in [0.05, 0.1) is 23.4 Å². The zero-order chi connectivity index (χ0) is 14.9. The molecule has 2 N–H and O–H groups in total. The van der Waals surface area contributed by atoms with Crippen LogP contribution >= 0.6 is 0 Å². The van der Waals surface area contributed by atoms with E-state index in [0.29, 0.717) is 18.2 Å². The van der Waals surface area contributed by atoms with Gasteiger partial charge in [-0.25, -0.2) is 0 Å². The highest BCUT2D eigenvalue weighted by Gasteiger charge is 2.32. The lowest BCUT2D eigenvalue weighted by Gasteiger charge is -2.22. The first-order chi connectivity index (χ1) is 10.1. The molecule has 5 nitrogen and oxygen atoms in total. The van der Waals surface area contributed by atoms with E-state index in [1.807, 2.05) is 11.6 Å². The van der Waals surface area contributed by atoms with Crippen LogP contribution < -0.4 is 5.32 Å². The monoisotopic (exact) mass is 291 g/mol. The van der Waals surface area contributed by atoms with Crippen molar-refractivity contribution in [1.82, 2.24) is 15.1 Å². The zero-order valence-corrected chi connectivity index (χ0v) is 12.8. The van der Waals surface area contributed by atoms with Crippen LogP contribution in [0.25, 0.3) is 0 Å². The third-order valence-corrected chi connectivity index (χ3v) is 5.07. The Balaban J connectivity index is 1.64. The van der Waals surface area contributed by atoms with E-state index in [4.69, 9.17) is 0 Å². The Morgan fingerprint density at radius 2 is 2.05 bits per heavy atom. The van der Waals surface area contributed by atoms with Gasteiger partial charge in [-0.3, -0.25) is 9.48 Å². The summed E-state index contributed by atoms with van der Waals surface area (Å²) in [6.07, 6.45) is 10.1. The van der Waals surface area contributed by atoms with Crippen LogP contribution in [0.15, 0.2) is 6.20 Å². The number of nitrogens with one attached hydrogen (secondary N) is 1. The number of rotatable bonds is 4. The van der Waals surface area contributed by atoms with Gasteiger partial charge >= 0.3 is 0 Å². The molecule has 0 aromatic carbocycles. The number of carbonyl (C=O) groups is 1. The second-order valence-corrected chi connectivity index (χ2v) is 6.64. The van der Waals surface area contributed by atoms with Crippen LogP contribution in [0.4, 0.5) is 0 Å². The Hall–Kier alpha value is -1.36. The molecule has 1 heterocycles. The molecule has 0 saturated heterocycles. The topological polar surface area (TPSA) is 67.2 Å². The van der Waals surface area contributed by atoms with Crippen LogP contribution in [0.5, 0.6) is 0 Å². The first-order valence-corrected chi connectivity index (χ1v) is 8.14. The van der Waals surface area contributed by atoms with Crippen molar-refractivity contribution in [3.63, 3.8) is 0 Å². The van der Waals surface area contributed by atoms with Crippen LogP contribution in [0, 0.1) is 6.92 Å². The van der Waals surface area contributed by atoms with Gasteiger partial charge in [0.25, 0.3) is 5.91 Å². The lowest BCUT2D eigenvalue weighted by Crippen LogP contribution is -2.40. The van der Waals surface area contributed by atoms with Gasteiger partial charge in [0.15, 0.2) is 0 Å². The highest BCUT2D eigenvalue weighted by atomic mass is 16.3. The van der Waals surface area contributed by atoms with E-state index in [9.17, 15) is 9.90 Å². The first-order valence-electron chi connectivity index (χ1n) is 8.14. The molecule has 1 aromatic rings. The highest BCUT2D eigenvalue weighted by Crippen LogP contribution is 2.31. The van der Waals surface area contributed by atoms with E-state index in [-0.39, 0.29) is 5.91 Å². The molecule has 0 bridgehead atoms. The standard InChI is InChI=1S/C16H25N3O2/c1-12-14(10-18-19(12)13-6-2-3-7-13)15(20)17-11-16(21)8-4-5-9-16/h10,13,21H,2-9,11H2,1H3,(H,17,20). The van der Waals surface area contributed by atoms with E-state index in [0.717, 1.165) is 44.2 Å². The molecule has 0 unspecified atom stereocenters. The molecule has 5 heteroatoms. The van der Waals surface area contributed by atoms with E-state index >= 15 is 0 Å². The Morgan fingerprint density at radius 1 is 1.38 bits per heavy atom. The third-order valence-electron chi connectivity index (χ3n) is 5.07. The Bertz CT molecular complexity index is 512. The molecule has 2 aliphatic rings. The van der Waals surface area contributed by atoms with Crippen molar-refractivity contribution in [2.24, 2.45) is 0 Å². The predicted molar refractivity (Wildman–Crippen MR) is 80.2 cm³/mol. The molecule has 1 amide bonds. The number of nitrogens with zero attached hydrogens (tertiary/aromatic N) is 2. The van der Waals surface area contributed by atoms with Gasteiger partial charge in [-0.05, 0) is 32.6 Å². The minimum Gasteiger partial charge on any atom is -0.388 e. The summed E-state index contributed by atoms with van der Waals surface area (Å²) in [7, 11) is 0. The van der Waals surface area contributed by atoms with Crippen molar-refractivity contribution in [2.75, 3.05) is 6.54 Å². The molecule has 0 radical (unpaired) electrons. The zero-order valence-electron chi connectivity index (χ0n) is 12.8. The molecular weight excluding hydrogens is 266 g/mol. The average Bonchev–Trinajstić information content (AvgIpc) is 3.17. The van der Waals surface area contributed by atoms with Gasteiger partial charge in [0.2, 0.25) is 0 Å². The second kappa shape index (κ2) is 5.79. The maximum absolute atomic E-state index is 12.3. The van der Waals surface area contributed by atoms with E-state index in [1.165, 1.54) is 12.8 Å². The summed E-state index contributed by atoms with van der Waals surface area (Å²) in [4.78, 5) is 12.3. The summed E-state index contributed by atoms with van der Waals surface area (Å²) >= 11 is 0. The fraction of sp³-hybridized carbons (Fsp3) is 0.750. The number of aliphatic hydroxyl groups is 1. The Morgan fingerprint density at radius 3 is 2.71 bits per heavy atom. The molecule has 3 rings (SSSR count). The Labute approximate surface area is 125 Å². The van der Waals surface area contributed by atoms with Crippen molar-refractivity contribution in [1.29, 1.82) is 0 Å². The average molecular weight is 291 g/mol. The fourth-order valence-corrected chi connectivity index (χ4v) is 3.71. The highest BCUT2D eigenvalue weighted by molar-refractivity contribution is 5.95. The first kappa shape index (κ1) is 14.6. The molecule has 2 aliphatic carbocycles. The normalized spacial score (nSPS) is 21.8.